The number of aliphatic carboxylic acids is 1. The summed E-state index contributed by atoms with van der Waals surface area (Å²) < 4.78 is 1.15. The first-order chi connectivity index (χ1) is 9.06. The first-order valence-electron chi connectivity index (χ1n) is 6.48. The van der Waals surface area contributed by atoms with Crippen molar-refractivity contribution in [2.75, 3.05) is 32.7 Å². The summed E-state index contributed by atoms with van der Waals surface area (Å²) in [6.07, 6.45) is 0.243. The Morgan fingerprint density at radius 2 is 2.16 bits per heavy atom. The van der Waals surface area contributed by atoms with Gasteiger partial charge in [-0.05, 0) is 28.9 Å². The Balaban J connectivity index is 1.81. The summed E-state index contributed by atoms with van der Waals surface area (Å²) in [6.45, 7) is 6.86. The Kier molecular flexibility index (Phi) is 5.38. The van der Waals surface area contributed by atoms with Crippen LogP contribution in [0.25, 0.3) is 0 Å². The van der Waals surface area contributed by atoms with Crippen molar-refractivity contribution < 1.29 is 9.90 Å². The second-order valence-corrected chi connectivity index (χ2v) is 6.72. The predicted molar refractivity (Wildman–Crippen MR) is 80.7 cm³/mol. The monoisotopic (exact) mass is 346 g/mol. The summed E-state index contributed by atoms with van der Waals surface area (Å²) in [4.78, 5) is 16.6. The highest BCUT2D eigenvalue weighted by Gasteiger charge is 2.22. The zero-order valence-corrected chi connectivity index (χ0v) is 13.4. The van der Waals surface area contributed by atoms with E-state index in [1.807, 2.05) is 0 Å². The lowest BCUT2D eigenvalue weighted by atomic mass is 10.2. The van der Waals surface area contributed by atoms with Crippen molar-refractivity contribution in [3.8, 4) is 0 Å². The van der Waals surface area contributed by atoms with Crippen molar-refractivity contribution in [3.63, 3.8) is 0 Å². The summed E-state index contributed by atoms with van der Waals surface area (Å²) >= 11 is 5.28. The maximum absolute atomic E-state index is 10.6. The number of hydrogen-bond acceptors (Lipinski definition) is 4. The van der Waals surface area contributed by atoms with E-state index in [9.17, 15) is 4.79 Å². The van der Waals surface area contributed by atoms with Gasteiger partial charge in [-0.3, -0.25) is 9.69 Å². The van der Waals surface area contributed by atoms with Gasteiger partial charge in [0.25, 0.3) is 0 Å². The van der Waals surface area contributed by atoms with Gasteiger partial charge >= 0.3 is 5.97 Å². The van der Waals surface area contributed by atoms with Crippen LogP contribution in [0.2, 0.25) is 0 Å². The van der Waals surface area contributed by atoms with E-state index in [2.05, 4.69) is 44.1 Å². The number of carboxylic acid groups (broad SMARTS) is 1. The van der Waals surface area contributed by atoms with Gasteiger partial charge in [0.05, 0.1) is 6.42 Å². The van der Waals surface area contributed by atoms with Crippen molar-refractivity contribution in [2.45, 2.75) is 19.4 Å². The molecular formula is C13H19BrN2O2S. The van der Waals surface area contributed by atoms with Crippen LogP contribution in [0.4, 0.5) is 0 Å². The molecule has 0 spiro atoms. The van der Waals surface area contributed by atoms with Gasteiger partial charge in [-0.25, -0.2) is 0 Å². The van der Waals surface area contributed by atoms with E-state index >= 15 is 0 Å². The topological polar surface area (TPSA) is 43.8 Å². The van der Waals surface area contributed by atoms with Gasteiger partial charge < -0.3 is 10.0 Å². The maximum atomic E-state index is 10.6. The second-order valence-electron chi connectivity index (χ2n) is 4.86. The quantitative estimate of drug-likeness (QED) is 0.890. The van der Waals surface area contributed by atoms with Crippen molar-refractivity contribution in [3.05, 3.63) is 20.8 Å². The van der Waals surface area contributed by atoms with Gasteiger partial charge in [-0.1, -0.05) is 0 Å². The molecule has 1 N–H and O–H groups in total. The summed E-state index contributed by atoms with van der Waals surface area (Å²) in [5.74, 6) is -0.709. The Morgan fingerprint density at radius 1 is 1.47 bits per heavy atom. The fourth-order valence-corrected chi connectivity index (χ4v) is 3.89. The normalized spacial score (nSPS) is 19.5. The third kappa shape index (κ3) is 4.27. The molecule has 0 amide bonds. The summed E-state index contributed by atoms with van der Waals surface area (Å²) in [7, 11) is 0. The lowest BCUT2D eigenvalue weighted by Crippen LogP contribution is -2.47. The van der Waals surface area contributed by atoms with Gasteiger partial charge in [0.15, 0.2) is 0 Å². The van der Waals surface area contributed by atoms with E-state index in [0.717, 1.165) is 30.7 Å². The van der Waals surface area contributed by atoms with Crippen molar-refractivity contribution in [1.29, 1.82) is 0 Å². The number of rotatable bonds is 5. The van der Waals surface area contributed by atoms with Crippen LogP contribution in [0.3, 0.4) is 0 Å². The number of nitrogens with zero attached hydrogens (tertiary/aromatic N) is 2. The lowest BCUT2D eigenvalue weighted by molar-refractivity contribution is -0.137. The minimum absolute atomic E-state index is 0.243. The van der Waals surface area contributed by atoms with Crippen LogP contribution in [0.5, 0.6) is 0 Å². The summed E-state index contributed by atoms with van der Waals surface area (Å²) in [5, 5.41) is 10.8. The standard InChI is InChI=1S/C13H19BrN2O2S/c1-10(12-8-11(14)9-19-12)16-6-4-15(5-7-16)3-2-13(17)18/h8-10H,2-7H2,1H3,(H,17,18). The van der Waals surface area contributed by atoms with Gasteiger partial charge in [-0.2, -0.15) is 0 Å². The smallest absolute Gasteiger partial charge is 0.304 e. The Morgan fingerprint density at radius 3 is 2.68 bits per heavy atom. The summed E-state index contributed by atoms with van der Waals surface area (Å²) in [5.41, 5.74) is 0. The van der Waals surface area contributed by atoms with Crippen LogP contribution < -0.4 is 0 Å². The van der Waals surface area contributed by atoms with E-state index in [-0.39, 0.29) is 6.42 Å². The highest BCUT2D eigenvalue weighted by atomic mass is 79.9. The molecule has 0 aliphatic carbocycles. The molecule has 1 aromatic rings. The van der Waals surface area contributed by atoms with Gasteiger partial charge in [-0.15, -0.1) is 11.3 Å². The molecule has 1 aliphatic heterocycles. The average molecular weight is 347 g/mol. The van der Waals surface area contributed by atoms with Crippen LogP contribution in [0.1, 0.15) is 24.3 Å². The Bertz CT molecular complexity index is 430. The molecule has 1 aromatic heterocycles. The molecule has 0 saturated carbocycles. The predicted octanol–water partition coefficient (Wildman–Crippen LogP) is 2.66. The van der Waals surface area contributed by atoms with Crippen molar-refractivity contribution >= 4 is 33.2 Å². The maximum Gasteiger partial charge on any atom is 0.304 e. The molecule has 1 unspecified atom stereocenters. The van der Waals surface area contributed by atoms with Crippen LogP contribution in [0, 0.1) is 0 Å². The molecule has 1 atom stereocenters. The molecule has 2 rings (SSSR count). The van der Waals surface area contributed by atoms with Crippen molar-refractivity contribution in [2.24, 2.45) is 0 Å². The first kappa shape index (κ1) is 15.0. The van der Waals surface area contributed by atoms with E-state index in [4.69, 9.17) is 5.11 Å². The molecule has 1 fully saturated rings. The van der Waals surface area contributed by atoms with Gasteiger partial charge in [0, 0.05) is 53.5 Å². The van der Waals surface area contributed by atoms with E-state index in [1.54, 1.807) is 11.3 Å². The number of hydrogen-bond donors (Lipinski definition) is 1. The number of carbonyl (C=O) groups is 1. The minimum atomic E-state index is -0.709. The van der Waals surface area contributed by atoms with Crippen LogP contribution in [0.15, 0.2) is 15.9 Å². The van der Waals surface area contributed by atoms with E-state index < -0.39 is 5.97 Å². The zero-order valence-electron chi connectivity index (χ0n) is 11.0. The molecule has 1 saturated heterocycles. The fourth-order valence-electron chi connectivity index (χ4n) is 2.36. The van der Waals surface area contributed by atoms with Crippen LogP contribution in [-0.4, -0.2) is 53.6 Å². The molecule has 106 valence electrons. The van der Waals surface area contributed by atoms with E-state index in [0.29, 0.717) is 12.6 Å². The average Bonchev–Trinajstić information content (AvgIpc) is 2.83. The largest absolute Gasteiger partial charge is 0.481 e. The molecule has 1 aliphatic rings. The minimum Gasteiger partial charge on any atom is -0.481 e. The number of carboxylic acids is 1. The first-order valence-corrected chi connectivity index (χ1v) is 8.15. The molecule has 6 heteroatoms. The van der Waals surface area contributed by atoms with Gasteiger partial charge in [0.1, 0.15) is 0 Å². The Hall–Kier alpha value is -0.430. The number of thiophene rings is 1. The molecule has 19 heavy (non-hydrogen) atoms. The van der Waals surface area contributed by atoms with E-state index in [1.165, 1.54) is 4.88 Å². The molecular weight excluding hydrogens is 328 g/mol. The summed E-state index contributed by atoms with van der Waals surface area (Å²) in [6, 6.07) is 2.63. The zero-order chi connectivity index (χ0) is 13.8. The number of piperazine rings is 1. The molecule has 0 aromatic carbocycles. The molecule has 0 bridgehead atoms. The van der Waals surface area contributed by atoms with Crippen molar-refractivity contribution in [1.82, 2.24) is 9.80 Å². The van der Waals surface area contributed by atoms with Crippen LogP contribution >= 0.6 is 27.3 Å². The second kappa shape index (κ2) is 6.83. The highest BCUT2D eigenvalue weighted by molar-refractivity contribution is 9.10. The fraction of sp³-hybridized carbons (Fsp3) is 0.615. The third-order valence-corrected chi connectivity index (χ3v) is 5.46. The highest BCUT2D eigenvalue weighted by Crippen LogP contribution is 2.29. The third-order valence-electron chi connectivity index (χ3n) is 3.60. The SMILES string of the molecule is CC(c1cc(Br)cs1)N1CCN(CCC(=O)O)CC1. The molecule has 2 heterocycles. The molecule has 4 nitrogen and oxygen atoms in total. The Labute approximate surface area is 126 Å². The van der Waals surface area contributed by atoms with Crippen LogP contribution in [-0.2, 0) is 4.79 Å². The molecule has 0 radical (unpaired) electrons. The van der Waals surface area contributed by atoms with Gasteiger partial charge in [0.2, 0.25) is 0 Å². The lowest BCUT2D eigenvalue weighted by Gasteiger charge is -2.37. The number of halogens is 1.